The minimum absolute atomic E-state index is 0.0984. The number of halogens is 1. The monoisotopic (exact) mass is 312 g/mol. The van der Waals surface area contributed by atoms with Crippen molar-refractivity contribution in [3.05, 3.63) is 28.8 Å². The van der Waals surface area contributed by atoms with Crippen molar-refractivity contribution in [1.82, 2.24) is 0 Å². The number of benzene rings is 1. The molecule has 1 aliphatic rings. The number of anilines is 1. The molecule has 0 saturated heterocycles. The van der Waals surface area contributed by atoms with Crippen molar-refractivity contribution in [3.8, 4) is 0 Å². The summed E-state index contributed by atoms with van der Waals surface area (Å²) in [5, 5.41) is 4.14. The Labute approximate surface area is 130 Å². The highest BCUT2D eigenvalue weighted by atomic mass is 35.5. The van der Waals surface area contributed by atoms with E-state index in [1.165, 1.54) is 0 Å². The highest BCUT2D eigenvalue weighted by Crippen LogP contribution is 2.45. The second-order valence-electron chi connectivity index (χ2n) is 5.76. The Kier molecular flexibility index (Phi) is 4.57. The van der Waals surface area contributed by atoms with E-state index in [4.69, 9.17) is 34.3 Å². The van der Waals surface area contributed by atoms with Crippen LogP contribution in [0.2, 0.25) is 5.02 Å². The standard InChI is InChI=1S/C15H21ClN2OS/c1-4-19-13-8-12(15(13,2)3)18-11-6-5-9(14(17)20)7-10(11)16/h5-7,12-13,18H,4,8H2,1-3H3,(H2,17,20). The molecule has 0 radical (unpaired) electrons. The topological polar surface area (TPSA) is 47.3 Å². The lowest BCUT2D eigenvalue weighted by atomic mass is 9.64. The van der Waals surface area contributed by atoms with Gasteiger partial charge in [0.25, 0.3) is 0 Å². The van der Waals surface area contributed by atoms with E-state index in [1.807, 2.05) is 19.1 Å². The molecule has 20 heavy (non-hydrogen) atoms. The average Bonchev–Trinajstić information content (AvgIpc) is 2.39. The summed E-state index contributed by atoms with van der Waals surface area (Å²) >= 11 is 11.2. The molecule has 2 unspecified atom stereocenters. The number of rotatable bonds is 5. The van der Waals surface area contributed by atoms with E-state index in [1.54, 1.807) is 6.07 Å². The third-order valence-electron chi connectivity index (χ3n) is 4.13. The molecule has 3 nitrogen and oxygen atoms in total. The Morgan fingerprint density at radius 3 is 2.75 bits per heavy atom. The fourth-order valence-electron chi connectivity index (χ4n) is 2.59. The second kappa shape index (κ2) is 5.88. The van der Waals surface area contributed by atoms with E-state index in [-0.39, 0.29) is 5.41 Å². The normalized spacial score (nSPS) is 24.0. The van der Waals surface area contributed by atoms with Crippen molar-refractivity contribution in [3.63, 3.8) is 0 Å². The summed E-state index contributed by atoms with van der Waals surface area (Å²) in [7, 11) is 0. The zero-order valence-electron chi connectivity index (χ0n) is 12.1. The van der Waals surface area contributed by atoms with Crippen molar-refractivity contribution in [2.75, 3.05) is 11.9 Å². The molecule has 0 bridgehead atoms. The van der Waals surface area contributed by atoms with Gasteiger partial charge in [-0.05, 0) is 31.5 Å². The Morgan fingerprint density at radius 2 is 2.25 bits per heavy atom. The Bertz CT molecular complexity index is 519. The lowest BCUT2D eigenvalue weighted by Gasteiger charge is -2.52. The van der Waals surface area contributed by atoms with Gasteiger partial charge in [-0.15, -0.1) is 0 Å². The van der Waals surface area contributed by atoms with Crippen LogP contribution in [0.4, 0.5) is 5.69 Å². The first-order valence-corrected chi connectivity index (χ1v) is 7.62. The number of thiocarbonyl (C=S) groups is 1. The molecule has 1 aliphatic carbocycles. The van der Waals surface area contributed by atoms with Crippen molar-refractivity contribution in [2.24, 2.45) is 11.1 Å². The molecule has 110 valence electrons. The van der Waals surface area contributed by atoms with Gasteiger partial charge in [-0.3, -0.25) is 0 Å². The molecule has 3 N–H and O–H groups in total. The molecule has 5 heteroatoms. The molecule has 1 saturated carbocycles. The van der Waals surface area contributed by atoms with Crippen LogP contribution in [-0.4, -0.2) is 23.7 Å². The second-order valence-corrected chi connectivity index (χ2v) is 6.60. The lowest BCUT2D eigenvalue weighted by Crippen LogP contribution is -2.58. The van der Waals surface area contributed by atoms with Crippen LogP contribution in [0.5, 0.6) is 0 Å². The fraction of sp³-hybridized carbons (Fsp3) is 0.533. The third-order valence-corrected chi connectivity index (χ3v) is 4.68. The van der Waals surface area contributed by atoms with Crippen molar-refractivity contribution >= 4 is 34.5 Å². The summed E-state index contributed by atoms with van der Waals surface area (Å²) in [6.07, 6.45) is 1.30. The highest BCUT2D eigenvalue weighted by Gasteiger charge is 2.48. The molecule has 0 aliphatic heterocycles. The molecule has 1 fully saturated rings. The SMILES string of the molecule is CCOC1CC(Nc2ccc(C(N)=S)cc2Cl)C1(C)C. The van der Waals surface area contributed by atoms with Gasteiger partial charge in [0.2, 0.25) is 0 Å². The first kappa shape index (κ1) is 15.5. The maximum atomic E-state index is 6.28. The number of nitrogens with two attached hydrogens (primary N) is 1. The van der Waals surface area contributed by atoms with Gasteiger partial charge in [-0.25, -0.2) is 0 Å². The summed E-state index contributed by atoms with van der Waals surface area (Å²) in [6.45, 7) is 7.21. The molecule has 2 rings (SSSR count). The van der Waals surface area contributed by atoms with Crippen LogP contribution in [0.3, 0.4) is 0 Å². The van der Waals surface area contributed by atoms with Crippen LogP contribution in [0.1, 0.15) is 32.8 Å². The lowest BCUT2D eigenvalue weighted by molar-refractivity contribution is -0.0975. The minimum atomic E-state index is 0.0984. The number of hydrogen-bond donors (Lipinski definition) is 2. The molecule has 1 aromatic carbocycles. The summed E-state index contributed by atoms with van der Waals surface area (Å²) < 4.78 is 5.74. The van der Waals surface area contributed by atoms with Crippen LogP contribution >= 0.6 is 23.8 Å². The maximum Gasteiger partial charge on any atom is 0.104 e. The predicted octanol–water partition coefficient (Wildman–Crippen LogP) is 3.59. The molecule has 0 heterocycles. The summed E-state index contributed by atoms with van der Waals surface area (Å²) in [5.41, 5.74) is 7.40. The van der Waals surface area contributed by atoms with E-state index >= 15 is 0 Å². The van der Waals surface area contributed by atoms with Crippen LogP contribution < -0.4 is 11.1 Å². The van der Waals surface area contributed by atoms with Gasteiger partial charge in [-0.1, -0.05) is 37.7 Å². The molecular weight excluding hydrogens is 292 g/mol. The van der Waals surface area contributed by atoms with Gasteiger partial charge < -0.3 is 15.8 Å². The Balaban J connectivity index is 2.07. The summed E-state index contributed by atoms with van der Waals surface area (Å²) in [4.78, 5) is 0.360. The summed E-state index contributed by atoms with van der Waals surface area (Å²) in [5.74, 6) is 0. The van der Waals surface area contributed by atoms with Crippen molar-refractivity contribution in [2.45, 2.75) is 39.3 Å². The number of nitrogens with one attached hydrogen (secondary N) is 1. The van der Waals surface area contributed by atoms with Crippen LogP contribution in [0.15, 0.2) is 18.2 Å². The molecule has 0 aromatic heterocycles. The van der Waals surface area contributed by atoms with Crippen LogP contribution in [-0.2, 0) is 4.74 Å². The molecule has 2 atom stereocenters. The number of hydrogen-bond acceptors (Lipinski definition) is 3. The third kappa shape index (κ3) is 2.92. The zero-order chi connectivity index (χ0) is 14.9. The van der Waals surface area contributed by atoms with Gasteiger partial charge in [0.1, 0.15) is 4.99 Å². The van der Waals surface area contributed by atoms with E-state index < -0.39 is 0 Å². The van der Waals surface area contributed by atoms with E-state index in [9.17, 15) is 0 Å². The largest absolute Gasteiger partial charge is 0.389 e. The maximum absolute atomic E-state index is 6.28. The van der Waals surface area contributed by atoms with E-state index in [0.29, 0.717) is 22.2 Å². The first-order chi connectivity index (χ1) is 9.36. The van der Waals surface area contributed by atoms with E-state index in [0.717, 1.165) is 24.3 Å². The quantitative estimate of drug-likeness (QED) is 0.816. The van der Waals surface area contributed by atoms with Gasteiger partial charge in [0.05, 0.1) is 16.8 Å². The Morgan fingerprint density at radius 1 is 1.55 bits per heavy atom. The molecular formula is C15H21ClN2OS. The number of ether oxygens (including phenoxy) is 1. The predicted molar refractivity (Wildman–Crippen MR) is 88.6 cm³/mol. The van der Waals surface area contributed by atoms with Gasteiger partial charge in [0, 0.05) is 23.6 Å². The molecule has 0 spiro atoms. The molecule has 0 amide bonds. The van der Waals surface area contributed by atoms with Crippen LogP contribution in [0.25, 0.3) is 0 Å². The smallest absolute Gasteiger partial charge is 0.104 e. The minimum Gasteiger partial charge on any atom is -0.389 e. The van der Waals surface area contributed by atoms with Gasteiger partial charge in [0.15, 0.2) is 0 Å². The fourth-order valence-corrected chi connectivity index (χ4v) is 2.95. The average molecular weight is 313 g/mol. The van der Waals surface area contributed by atoms with Gasteiger partial charge >= 0.3 is 0 Å². The molecule has 1 aromatic rings. The van der Waals surface area contributed by atoms with Crippen molar-refractivity contribution < 1.29 is 4.74 Å². The van der Waals surface area contributed by atoms with Crippen LogP contribution in [0, 0.1) is 5.41 Å². The van der Waals surface area contributed by atoms with Crippen molar-refractivity contribution in [1.29, 1.82) is 0 Å². The first-order valence-electron chi connectivity index (χ1n) is 6.83. The van der Waals surface area contributed by atoms with Gasteiger partial charge in [-0.2, -0.15) is 0 Å². The van der Waals surface area contributed by atoms with E-state index in [2.05, 4.69) is 19.2 Å². The zero-order valence-corrected chi connectivity index (χ0v) is 13.6. The Hall–Kier alpha value is -0.840. The highest BCUT2D eigenvalue weighted by molar-refractivity contribution is 7.80. The summed E-state index contributed by atoms with van der Waals surface area (Å²) in [6, 6.07) is 5.98.